The molecule has 1 amide bonds. The van der Waals surface area contributed by atoms with Gasteiger partial charge in [0.05, 0.1) is 17.8 Å². The van der Waals surface area contributed by atoms with Gasteiger partial charge in [-0.2, -0.15) is 0 Å². The van der Waals surface area contributed by atoms with Gasteiger partial charge in [-0.1, -0.05) is 11.6 Å². The number of carbonyl (C=O) groups excluding carboxylic acids is 1. The molecule has 1 aromatic heterocycles. The number of nitrogens with two attached hydrogens (primary N) is 1. The third-order valence-electron chi connectivity index (χ3n) is 3.51. The number of anilines is 2. The van der Waals surface area contributed by atoms with Gasteiger partial charge in [0.15, 0.2) is 5.76 Å². The Balaban J connectivity index is 1.82. The average Bonchev–Trinajstić information content (AvgIpc) is 3.09. The van der Waals surface area contributed by atoms with E-state index in [0.717, 1.165) is 0 Å². The molecular weight excluding hydrogens is 347 g/mol. The summed E-state index contributed by atoms with van der Waals surface area (Å²) in [7, 11) is 1.48. The maximum Gasteiger partial charge on any atom is 0.291 e. The van der Waals surface area contributed by atoms with Gasteiger partial charge in [-0.3, -0.25) is 4.79 Å². The lowest BCUT2D eigenvalue weighted by Crippen LogP contribution is -2.11. The van der Waals surface area contributed by atoms with Crippen LogP contribution in [-0.2, 0) is 0 Å². The van der Waals surface area contributed by atoms with Gasteiger partial charge in [0.25, 0.3) is 5.91 Å². The summed E-state index contributed by atoms with van der Waals surface area (Å²) in [5.41, 5.74) is 7.23. The van der Waals surface area contributed by atoms with E-state index in [4.69, 9.17) is 26.5 Å². The van der Waals surface area contributed by atoms with E-state index in [1.165, 1.54) is 31.4 Å². The topological polar surface area (TPSA) is 77.5 Å². The minimum Gasteiger partial charge on any atom is -0.494 e. The maximum atomic E-state index is 13.2. The monoisotopic (exact) mass is 360 g/mol. The Bertz CT molecular complexity index is 940. The van der Waals surface area contributed by atoms with Gasteiger partial charge in [-0.15, -0.1) is 0 Å². The quantitative estimate of drug-likeness (QED) is 0.667. The number of carbonyl (C=O) groups is 1. The highest BCUT2D eigenvalue weighted by molar-refractivity contribution is 6.31. The SMILES string of the molecule is COc1cc(N)ccc1NC(=O)c1ccc(-c2ccc(F)c(Cl)c2)o1. The number of hydrogen-bond acceptors (Lipinski definition) is 4. The molecule has 3 aromatic rings. The lowest BCUT2D eigenvalue weighted by Gasteiger charge is -2.09. The van der Waals surface area contributed by atoms with Crippen LogP contribution in [0.25, 0.3) is 11.3 Å². The summed E-state index contributed by atoms with van der Waals surface area (Å²) in [6.45, 7) is 0. The zero-order valence-electron chi connectivity index (χ0n) is 13.2. The fourth-order valence-electron chi connectivity index (χ4n) is 2.26. The summed E-state index contributed by atoms with van der Waals surface area (Å²) < 4.78 is 24.0. The molecule has 0 fully saturated rings. The van der Waals surface area contributed by atoms with Crippen LogP contribution in [-0.4, -0.2) is 13.0 Å². The third-order valence-corrected chi connectivity index (χ3v) is 3.80. The van der Waals surface area contributed by atoms with Crippen molar-refractivity contribution in [2.45, 2.75) is 0 Å². The molecule has 3 N–H and O–H groups in total. The molecule has 25 heavy (non-hydrogen) atoms. The van der Waals surface area contributed by atoms with Crippen LogP contribution in [0.5, 0.6) is 5.75 Å². The lowest BCUT2D eigenvalue weighted by molar-refractivity contribution is 0.0997. The van der Waals surface area contributed by atoms with E-state index in [1.54, 1.807) is 24.3 Å². The highest BCUT2D eigenvalue weighted by Crippen LogP contribution is 2.29. The highest BCUT2D eigenvalue weighted by atomic mass is 35.5. The van der Waals surface area contributed by atoms with Crippen molar-refractivity contribution in [1.82, 2.24) is 0 Å². The molecule has 0 spiro atoms. The van der Waals surface area contributed by atoms with Crippen molar-refractivity contribution >= 4 is 28.9 Å². The number of ether oxygens (including phenoxy) is 1. The molecule has 0 atom stereocenters. The molecule has 7 heteroatoms. The van der Waals surface area contributed by atoms with Crippen LogP contribution < -0.4 is 15.8 Å². The Morgan fingerprint density at radius 1 is 1.20 bits per heavy atom. The number of nitrogens with one attached hydrogen (secondary N) is 1. The van der Waals surface area contributed by atoms with Crippen molar-refractivity contribution < 1.29 is 18.3 Å². The summed E-state index contributed by atoms with van der Waals surface area (Å²) in [5, 5.41) is 2.67. The zero-order valence-corrected chi connectivity index (χ0v) is 13.9. The van der Waals surface area contributed by atoms with Crippen molar-refractivity contribution in [3.8, 4) is 17.1 Å². The number of amides is 1. The van der Waals surface area contributed by atoms with Gasteiger partial charge in [-0.05, 0) is 42.5 Å². The van der Waals surface area contributed by atoms with Crippen LogP contribution in [0.2, 0.25) is 5.02 Å². The molecule has 0 unspecified atom stereocenters. The second-order valence-corrected chi connectivity index (χ2v) is 5.61. The first-order valence-corrected chi connectivity index (χ1v) is 7.66. The van der Waals surface area contributed by atoms with Crippen molar-refractivity contribution in [2.24, 2.45) is 0 Å². The Labute approximate surface area is 148 Å². The van der Waals surface area contributed by atoms with Crippen molar-refractivity contribution in [3.05, 3.63) is 65.1 Å². The Morgan fingerprint density at radius 2 is 2.00 bits per heavy atom. The van der Waals surface area contributed by atoms with Gasteiger partial charge in [-0.25, -0.2) is 4.39 Å². The van der Waals surface area contributed by atoms with E-state index in [0.29, 0.717) is 28.4 Å². The minimum absolute atomic E-state index is 0.0217. The second kappa shape index (κ2) is 6.86. The number of halogens is 2. The third kappa shape index (κ3) is 3.59. The van der Waals surface area contributed by atoms with Crippen molar-refractivity contribution in [2.75, 3.05) is 18.2 Å². The average molecular weight is 361 g/mol. The van der Waals surface area contributed by atoms with Crippen molar-refractivity contribution in [3.63, 3.8) is 0 Å². The molecular formula is C18H14ClFN2O3. The van der Waals surface area contributed by atoms with Gasteiger partial charge in [0.1, 0.15) is 17.3 Å². The molecule has 0 aliphatic carbocycles. The number of hydrogen-bond donors (Lipinski definition) is 2. The maximum absolute atomic E-state index is 13.2. The fraction of sp³-hybridized carbons (Fsp3) is 0.0556. The summed E-state index contributed by atoms with van der Waals surface area (Å²) >= 11 is 5.77. The smallest absolute Gasteiger partial charge is 0.291 e. The van der Waals surface area contributed by atoms with E-state index in [2.05, 4.69) is 5.32 Å². The van der Waals surface area contributed by atoms with E-state index >= 15 is 0 Å². The molecule has 0 bridgehead atoms. The van der Waals surface area contributed by atoms with E-state index in [-0.39, 0.29) is 10.8 Å². The molecule has 5 nitrogen and oxygen atoms in total. The van der Waals surface area contributed by atoms with Gasteiger partial charge in [0.2, 0.25) is 0 Å². The van der Waals surface area contributed by atoms with Crippen LogP contribution in [0, 0.1) is 5.82 Å². The van der Waals surface area contributed by atoms with E-state index in [1.807, 2.05) is 0 Å². The first kappa shape index (κ1) is 16.9. The normalized spacial score (nSPS) is 10.5. The van der Waals surface area contributed by atoms with Gasteiger partial charge in [0, 0.05) is 17.3 Å². The molecule has 0 saturated heterocycles. The van der Waals surface area contributed by atoms with Crippen LogP contribution in [0.3, 0.4) is 0 Å². The molecule has 128 valence electrons. The molecule has 0 radical (unpaired) electrons. The Morgan fingerprint density at radius 3 is 2.72 bits per heavy atom. The molecule has 0 aliphatic heterocycles. The standard InChI is InChI=1S/C18H14ClFN2O3/c1-24-17-9-11(21)3-5-14(17)22-18(23)16-7-6-15(25-16)10-2-4-13(20)12(19)8-10/h2-9H,21H2,1H3,(H,22,23). The minimum atomic E-state index is -0.523. The van der Waals surface area contributed by atoms with Crippen LogP contribution in [0.4, 0.5) is 15.8 Å². The lowest BCUT2D eigenvalue weighted by atomic mass is 10.2. The highest BCUT2D eigenvalue weighted by Gasteiger charge is 2.15. The van der Waals surface area contributed by atoms with Crippen LogP contribution >= 0.6 is 11.6 Å². The number of methoxy groups -OCH3 is 1. The number of furan rings is 1. The summed E-state index contributed by atoms with van der Waals surface area (Å²) in [6.07, 6.45) is 0. The van der Waals surface area contributed by atoms with Gasteiger partial charge >= 0.3 is 0 Å². The largest absolute Gasteiger partial charge is 0.494 e. The van der Waals surface area contributed by atoms with Crippen LogP contribution in [0.1, 0.15) is 10.6 Å². The first-order chi connectivity index (χ1) is 12.0. The van der Waals surface area contributed by atoms with E-state index in [9.17, 15) is 9.18 Å². The molecule has 0 saturated carbocycles. The van der Waals surface area contributed by atoms with E-state index < -0.39 is 11.7 Å². The molecule has 0 aliphatic rings. The number of rotatable bonds is 4. The summed E-state index contributed by atoms with van der Waals surface area (Å²) in [6, 6.07) is 12.2. The zero-order chi connectivity index (χ0) is 18.0. The second-order valence-electron chi connectivity index (χ2n) is 5.21. The van der Waals surface area contributed by atoms with Gasteiger partial charge < -0.3 is 20.2 Å². The number of nitrogen functional groups attached to an aromatic ring is 1. The predicted octanol–water partition coefficient (Wildman–Crippen LogP) is 4.58. The molecule has 3 rings (SSSR count). The fourth-order valence-corrected chi connectivity index (χ4v) is 2.44. The number of benzene rings is 2. The first-order valence-electron chi connectivity index (χ1n) is 7.28. The Hall–Kier alpha value is -2.99. The Kier molecular flexibility index (Phi) is 4.63. The summed E-state index contributed by atoms with van der Waals surface area (Å²) in [5.74, 6) is -0.0518. The summed E-state index contributed by atoms with van der Waals surface area (Å²) in [4.78, 5) is 12.4. The van der Waals surface area contributed by atoms with Crippen molar-refractivity contribution in [1.29, 1.82) is 0 Å². The molecule has 1 heterocycles. The predicted molar refractivity (Wildman–Crippen MR) is 94.5 cm³/mol. The molecule has 2 aromatic carbocycles. The van der Waals surface area contributed by atoms with Crippen LogP contribution in [0.15, 0.2) is 52.9 Å².